The summed E-state index contributed by atoms with van der Waals surface area (Å²) in [6.45, 7) is 0. The van der Waals surface area contributed by atoms with E-state index >= 15 is 0 Å². The number of carbonyl (C=O) groups excluding carboxylic acids is 1. The molecule has 0 bridgehead atoms. The number of nitrogens with zero attached hydrogens (tertiary/aromatic N) is 1. The van der Waals surface area contributed by atoms with Crippen molar-refractivity contribution in [3.63, 3.8) is 0 Å². The normalized spacial score (nSPS) is 16.0. The SMILES string of the molecule is O=C1NC(/C=C/c2ccco2)=NC1(c1ccccc1)c1ccccc1. The number of rotatable bonds is 4. The molecule has 0 saturated heterocycles. The van der Waals surface area contributed by atoms with Crippen LogP contribution in [0.3, 0.4) is 0 Å². The van der Waals surface area contributed by atoms with E-state index in [-0.39, 0.29) is 5.91 Å². The largest absolute Gasteiger partial charge is 0.465 e. The van der Waals surface area contributed by atoms with Gasteiger partial charge >= 0.3 is 0 Å². The van der Waals surface area contributed by atoms with Gasteiger partial charge in [0, 0.05) is 0 Å². The maximum absolute atomic E-state index is 13.0. The molecule has 4 nitrogen and oxygen atoms in total. The summed E-state index contributed by atoms with van der Waals surface area (Å²) < 4.78 is 5.29. The lowest BCUT2D eigenvalue weighted by atomic mass is 9.83. The fraction of sp³-hybridized carbons (Fsp3) is 0.0476. The summed E-state index contributed by atoms with van der Waals surface area (Å²) in [5.74, 6) is 1.05. The van der Waals surface area contributed by atoms with Crippen molar-refractivity contribution in [1.82, 2.24) is 5.32 Å². The summed E-state index contributed by atoms with van der Waals surface area (Å²) in [6.07, 6.45) is 5.14. The van der Waals surface area contributed by atoms with Gasteiger partial charge in [0.25, 0.3) is 5.91 Å². The second-order valence-electron chi connectivity index (χ2n) is 5.74. The summed E-state index contributed by atoms with van der Waals surface area (Å²) in [4.78, 5) is 17.8. The average molecular weight is 328 g/mol. The summed E-state index contributed by atoms with van der Waals surface area (Å²) in [7, 11) is 0. The highest BCUT2D eigenvalue weighted by molar-refractivity contribution is 6.15. The van der Waals surface area contributed by atoms with Gasteiger partial charge in [0.05, 0.1) is 6.26 Å². The Morgan fingerprint density at radius 2 is 1.48 bits per heavy atom. The molecule has 4 heteroatoms. The van der Waals surface area contributed by atoms with Crippen molar-refractivity contribution < 1.29 is 9.21 Å². The second kappa shape index (κ2) is 6.24. The molecule has 0 fully saturated rings. The molecular formula is C21H16N2O2. The Kier molecular flexibility index (Phi) is 3.78. The van der Waals surface area contributed by atoms with E-state index in [4.69, 9.17) is 9.41 Å². The van der Waals surface area contributed by atoms with E-state index in [0.717, 1.165) is 11.1 Å². The van der Waals surface area contributed by atoms with E-state index in [9.17, 15) is 4.79 Å². The highest BCUT2D eigenvalue weighted by Gasteiger charge is 2.46. The van der Waals surface area contributed by atoms with Gasteiger partial charge in [-0.1, -0.05) is 60.7 Å². The van der Waals surface area contributed by atoms with Crippen molar-refractivity contribution in [3.05, 3.63) is 102 Å². The Bertz CT molecular complexity index is 887. The van der Waals surface area contributed by atoms with Crippen molar-refractivity contribution in [2.24, 2.45) is 4.99 Å². The predicted molar refractivity (Wildman–Crippen MR) is 97.0 cm³/mol. The van der Waals surface area contributed by atoms with Crippen LogP contribution in [-0.4, -0.2) is 11.7 Å². The number of benzene rings is 2. The van der Waals surface area contributed by atoms with E-state index < -0.39 is 5.54 Å². The van der Waals surface area contributed by atoms with E-state index in [1.807, 2.05) is 72.8 Å². The Labute approximate surface area is 145 Å². The van der Waals surface area contributed by atoms with Crippen LogP contribution >= 0.6 is 0 Å². The van der Waals surface area contributed by atoms with Gasteiger partial charge in [-0.05, 0) is 35.4 Å². The Morgan fingerprint density at radius 3 is 2.04 bits per heavy atom. The van der Waals surface area contributed by atoms with Crippen LogP contribution in [0, 0.1) is 0 Å². The van der Waals surface area contributed by atoms with Gasteiger partial charge in [0.1, 0.15) is 11.6 Å². The Morgan fingerprint density at radius 1 is 0.840 bits per heavy atom. The monoisotopic (exact) mass is 328 g/mol. The first-order valence-electron chi connectivity index (χ1n) is 8.03. The molecule has 1 aliphatic heterocycles. The molecule has 4 rings (SSSR count). The maximum atomic E-state index is 13.0. The number of hydrogen-bond acceptors (Lipinski definition) is 3. The van der Waals surface area contributed by atoms with Crippen LogP contribution in [0.25, 0.3) is 6.08 Å². The van der Waals surface area contributed by atoms with E-state index in [0.29, 0.717) is 11.6 Å². The first-order valence-corrected chi connectivity index (χ1v) is 8.03. The number of carbonyl (C=O) groups is 1. The summed E-state index contributed by atoms with van der Waals surface area (Å²) in [6, 6.07) is 22.9. The lowest BCUT2D eigenvalue weighted by molar-refractivity contribution is -0.122. The predicted octanol–water partition coefficient (Wildman–Crippen LogP) is 3.76. The van der Waals surface area contributed by atoms with Gasteiger partial charge in [-0.3, -0.25) is 4.79 Å². The molecule has 2 heterocycles. The summed E-state index contributed by atoms with van der Waals surface area (Å²) >= 11 is 0. The van der Waals surface area contributed by atoms with Gasteiger partial charge < -0.3 is 9.73 Å². The van der Waals surface area contributed by atoms with Crippen LogP contribution in [-0.2, 0) is 10.3 Å². The number of aliphatic imine (C=N–C) groups is 1. The minimum Gasteiger partial charge on any atom is -0.465 e. The third-order valence-corrected chi connectivity index (χ3v) is 4.19. The third-order valence-electron chi connectivity index (χ3n) is 4.19. The summed E-state index contributed by atoms with van der Waals surface area (Å²) in [5, 5.41) is 2.89. The molecule has 0 aliphatic carbocycles. The van der Waals surface area contributed by atoms with E-state index in [1.54, 1.807) is 18.4 Å². The van der Waals surface area contributed by atoms with Crippen molar-refractivity contribution in [2.45, 2.75) is 5.54 Å². The molecule has 3 aromatic rings. The zero-order valence-corrected chi connectivity index (χ0v) is 13.4. The molecule has 1 aliphatic rings. The molecule has 0 atom stereocenters. The van der Waals surface area contributed by atoms with Gasteiger partial charge in [-0.2, -0.15) is 0 Å². The minimum atomic E-state index is -1.08. The van der Waals surface area contributed by atoms with Crippen molar-refractivity contribution >= 4 is 17.8 Å². The van der Waals surface area contributed by atoms with Gasteiger partial charge in [-0.25, -0.2) is 4.99 Å². The summed E-state index contributed by atoms with van der Waals surface area (Å²) in [5.41, 5.74) is 0.589. The van der Waals surface area contributed by atoms with Crippen molar-refractivity contribution in [3.8, 4) is 0 Å². The standard InChI is InChI=1S/C21H16N2O2/c24-20-21(16-8-3-1-4-9-16,17-10-5-2-6-11-17)23-19(22-20)14-13-18-12-7-15-25-18/h1-15H,(H,22,23,24)/b14-13+. The number of nitrogens with one attached hydrogen (secondary N) is 1. The number of furan rings is 1. The van der Waals surface area contributed by atoms with Crippen molar-refractivity contribution in [2.75, 3.05) is 0 Å². The molecule has 0 spiro atoms. The van der Waals surface area contributed by atoms with E-state index in [1.165, 1.54) is 0 Å². The highest BCUT2D eigenvalue weighted by Crippen LogP contribution is 2.37. The third kappa shape index (κ3) is 2.68. The average Bonchev–Trinajstić information content (AvgIpc) is 3.30. The van der Waals surface area contributed by atoms with Crippen LogP contribution in [0.5, 0.6) is 0 Å². The van der Waals surface area contributed by atoms with Gasteiger partial charge in [0.15, 0.2) is 5.54 Å². The fourth-order valence-electron chi connectivity index (χ4n) is 3.01. The first kappa shape index (κ1) is 15.1. The zero-order valence-electron chi connectivity index (χ0n) is 13.4. The lowest BCUT2D eigenvalue weighted by Gasteiger charge is -2.24. The molecule has 2 aromatic carbocycles. The Hall–Kier alpha value is -3.40. The molecule has 122 valence electrons. The quantitative estimate of drug-likeness (QED) is 0.793. The molecule has 0 radical (unpaired) electrons. The number of amidine groups is 1. The van der Waals surface area contributed by atoms with Crippen molar-refractivity contribution in [1.29, 1.82) is 0 Å². The number of hydrogen-bond donors (Lipinski definition) is 1. The van der Waals surface area contributed by atoms with Crippen LogP contribution < -0.4 is 5.32 Å². The van der Waals surface area contributed by atoms with Gasteiger partial charge in [0.2, 0.25) is 0 Å². The highest BCUT2D eigenvalue weighted by atomic mass is 16.3. The fourth-order valence-corrected chi connectivity index (χ4v) is 3.01. The maximum Gasteiger partial charge on any atom is 0.262 e. The van der Waals surface area contributed by atoms with Crippen LogP contribution in [0.4, 0.5) is 0 Å². The van der Waals surface area contributed by atoms with Crippen LogP contribution in [0.15, 0.2) is 94.5 Å². The van der Waals surface area contributed by atoms with Gasteiger partial charge in [-0.15, -0.1) is 0 Å². The van der Waals surface area contributed by atoms with Crippen LogP contribution in [0.1, 0.15) is 16.9 Å². The minimum absolute atomic E-state index is 0.163. The lowest BCUT2D eigenvalue weighted by Crippen LogP contribution is -2.38. The molecule has 1 N–H and O–H groups in total. The topological polar surface area (TPSA) is 54.6 Å². The molecular weight excluding hydrogens is 312 g/mol. The zero-order chi connectivity index (χ0) is 17.1. The van der Waals surface area contributed by atoms with Crippen LogP contribution in [0.2, 0.25) is 0 Å². The molecule has 0 unspecified atom stereocenters. The molecule has 1 amide bonds. The van der Waals surface area contributed by atoms with E-state index in [2.05, 4.69) is 5.32 Å². The Balaban J connectivity index is 1.82. The number of amides is 1. The molecule has 25 heavy (non-hydrogen) atoms. The molecule has 1 aromatic heterocycles. The second-order valence-corrected chi connectivity index (χ2v) is 5.74. The first-order chi connectivity index (χ1) is 12.3. The molecule has 0 saturated carbocycles. The smallest absolute Gasteiger partial charge is 0.262 e.